The zero-order chi connectivity index (χ0) is 22.5. The molecule has 3 saturated heterocycles. The number of hydrogen-bond acceptors (Lipinski definition) is 8. The van der Waals surface area contributed by atoms with E-state index in [9.17, 15) is 4.79 Å². The summed E-state index contributed by atoms with van der Waals surface area (Å²) in [6, 6.07) is 7.69. The van der Waals surface area contributed by atoms with E-state index < -0.39 is 0 Å². The summed E-state index contributed by atoms with van der Waals surface area (Å²) in [6.45, 7) is 5.41. The Morgan fingerprint density at radius 1 is 1.33 bits per heavy atom. The Morgan fingerprint density at radius 3 is 3.15 bits per heavy atom. The van der Waals surface area contributed by atoms with Crippen LogP contribution in [0.15, 0.2) is 24.4 Å². The molecule has 33 heavy (non-hydrogen) atoms. The molecule has 1 amide bonds. The number of aromatic nitrogens is 2. The number of carbonyl (C=O) groups excluding carboxylic acids is 1. The largest absolute Gasteiger partial charge is 0.396 e. The molecule has 4 aliphatic rings. The summed E-state index contributed by atoms with van der Waals surface area (Å²) >= 11 is 1.31. The molecule has 1 aromatic carbocycles. The van der Waals surface area contributed by atoms with Crippen LogP contribution in [0.25, 0.3) is 10.3 Å². The molecule has 3 atom stereocenters. The molecule has 0 saturated carbocycles. The van der Waals surface area contributed by atoms with Gasteiger partial charge < -0.3 is 26.0 Å². The van der Waals surface area contributed by atoms with E-state index >= 15 is 0 Å². The molecule has 1 aliphatic carbocycles. The van der Waals surface area contributed by atoms with E-state index in [1.165, 1.54) is 28.2 Å². The van der Waals surface area contributed by atoms with Gasteiger partial charge in [-0.15, -0.1) is 11.3 Å². The fourth-order valence-electron chi connectivity index (χ4n) is 5.22. The summed E-state index contributed by atoms with van der Waals surface area (Å²) < 4.78 is 5.81. The minimum atomic E-state index is -0.131. The van der Waals surface area contributed by atoms with Crippen LogP contribution in [0.3, 0.4) is 0 Å². The third-order valence-corrected chi connectivity index (χ3v) is 8.07. The summed E-state index contributed by atoms with van der Waals surface area (Å²) in [4.78, 5) is 25.5. The molecule has 2 unspecified atom stereocenters. The fraction of sp³-hybridized carbons (Fsp3) is 0.458. The number of amides is 1. The van der Waals surface area contributed by atoms with Gasteiger partial charge in [-0.2, -0.15) is 0 Å². The van der Waals surface area contributed by atoms with Gasteiger partial charge >= 0.3 is 0 Å². The van der Waals surface area contributed by atoms with E-state index in [0.717, 1.165) is 51.3 Å². The number of piperazine rings is 1. The molecule has 0 spiro atoms. The molecule has 9 heteroatoms. The third kappa shape index (κ3) is 3.84. The van der Waals surface area contributed by atoms with Crippen LogP contribution in [0.4, 0.5) is 11.4 Å². The maximum atomic E-state index is 13.0. The molecule has 172 valence electrons. The number of ether oxygens (including phenoxy) is 1. The first-order valence-electron chi connectivity index (χ1n) is 11.6. The number of aryl methyl sites for hydroxylation is 2. The predicted molar refractivity (Wildman–Crippen MR) is 130 cm³/mol. The second-order valence-electron chi connectivity index (χ2n) is 9.33. The number of carbonyl (C=O) groups is 1. The quantitative estimate of drug-likeness (QED) is 0.545. The minimum absolute atomic E-state index is 0.0925. The topological polar surface area (TPSA) is 105 Å². The van der Waals surface area contributed by atoms with Crippen LogP contribution in [0.1, 0.15) is 32.9 Å². The van der Waals surface area contributed by atoms with Crippen molar-refractivity contribution >= 4 is 39.0 Å². The number of thiophene rings is 1. The van der Waals surface area contributed by atoms with Crippen LogP contribution in [-0.4, -0.2) is 60.3 Å². The maximum Gasteiger partial charge on any atom is 0.263 e. The van der Waals surface area contributed by atoms with Crippen molar-refractivity contribution in [3.63, 3.8) is 0 Å². The van der Waals surface area contributed by atoms with Gasteiger partial charge in [0, 0.05) is 37.1 Å². The van der Waals surface area contributed by atoms with Gasteiger partial charge in [-0.3, -0.25) is 4.79 Å². The Hall–Kier alpha value is -2.75. The Balaban J connectivity index is 1.17. The Kier molecular flexibility index (Phi) is 5.20. The predicted octanol–water partition coefficient (Wildman–Crippen LogP) is 2.05. The van der Waals surface area contributed by atoms with E-state index in [4.69, 9.17) is 10.5 Å². The van der Waals surface area contributed by atoms with Crippen molar-refractivity contribution in [1.29, 1.82) is 0 Å². The molecular weight excluding hydrogens is 436 g/mol. The van der Waals surface area contributed by atoms with Gasteiger partial charge in [-0.1, -0.05) is 6.07 Å². The second kappa shape index (κ2) is 8.23. The zero-order valence-corrected chi connectivity index (χ0v) is 19.5. The smallest absolute Gasteiger partial charge is 0.263 e. The van der Waals surface area contributed by atoms with Gasteiger partial charge in [0.1, 0.15) is 15.2 Å². The van der Waals surface area contributed by atoms with Crippen molar-refractivity contribution in [2.24, 2.45) is 0 Å². The number of nitrogens with two attached hydrogens (primary N) is 1. The number of nitrogen functional groups attached to an aromatic ring is 1. The van der Waals surface area contributed by atoms with Crippen LogP contribution >= 0.6 is 11.3 Å². The normalized spacial score (nSPS) is 24.5. The number of hydrogen-bond donors (Lipinski definition) is 3. The number of nitrogens with zero attached hydrogens (tertiary/aromatic N) is 3. The Labute approximate surface area is 196 Å². The van der Waals surface area contributed by atoms with Crippen LogP contribution in [0, 0.1) is 6.92 Å². The van der Waals surface area contributed by atoms with Crippen LogP contribution < -0.4 is 21.3 Å². The molecule has 3 aromatic rings. The highest BCUT2D eigenvalue weighted by Gasteiger charge is 2.32. The molecule has 3 aliphatic heterocycles. The number of rotatable bonds is 3. The van der Waals surface area contributed by atoms with Crippen molar-refractivity contribution in [2.75, 3.05) is 36.9 Å². The van der Waals surface area contributed by atoms with Crippen LogP contribution in [0.5, 0.6) is 0 Å². The Bertz CT molecular complexity index is 1220. The lowest BCUT2D eigenvalue weighted by molar-refractivity contribution is 0.0938. The Morgan fingerprint density at radius 2 is 2.24 bits per heavy atom. The highest BCUT2D eigenvalue weighted by Crippen LogP contribution is 2.32. The minimum Gasteiger partial charge on any atom is -0.396 e. The number of benzene rings is 1. The number of anilines is 2. The van der Waals surface area contributed by atoms with Gasteiger partial charge in [-0.25, -0.2) is 9.97 Å². The lowest BCUT2D eigenvalue weighted by Crippen LogP contribution is -2.56. The zero-order valence-electron chi connectivity index (χ0n) is 18.6. The molecule has 2 bridgehead atoms. The van der Waals surface area contributed by atoms with E-state index in [1.54, 1.807) is 6.20 Å². The highest BCUT2D eigenvalue weighted by molar-refractivity contribution is 7.21. The van der Waals surface area contributed by atoms with E-state index in [2.05, 4.69) is 43.7 Å². The van der Waals surface area contributed by atoms with Gasteiger partial charge in [0.2, 0.25) is 0 Å². The van der Waals surface area contributed by atoms with E-state index in [-0.39, 0.29) is 11.9 Å². The fourth-order valence-corrected chi connectivity index (χ4v) is 6.22. The van der Waals surface area contributed by atoms with Crippen molar-refractivity contribution < 1.29 is 9.53 Å². The lowest BCUT2D eigenvalue weighted by Gasteiger charge is -2.38. The monoisotopic (exact) mass is 464 g/mol. The van der Waals surface area contributed by atoms with E-state index in [1.807, 2.05) is 6.92 Å². The summed E-state index contributed by atoms with van der Waals surface area (Å²) in [7, 11) is 0. The summed E-state index contributed by atoms with van der Waals surface area (Å²) in [5.74, 6) is -0.131. The number of fused-ring (bicyclic) bond motifs is 6. The SMILES string of the molecule is Cc1cnc2c(N)c(C(=O)N[C@H]3CCc4cc(N5CC6COCC5CN6)ccc4C3)sc2n1. The van der Waals surface area contributed by atoms with Crippen molar-refractivity contribution in [3.8, 4) is 0 Å². The first-order valence-corrected chi connectivity index (χ1v) is 12.4. The molecule has 8 nitrogen and oxygen atoms in total. The standard InChI is InChI=1S/C24H28N6O2S/c1-13-8-27-21-20(25)22(33-24(21)28-13)23(31)29-16-4-2-15-7-18(5-3-14(15)6-16)30-10-17-11-32-12-19(30)9-26-17/h3,5,7-8,16-17,19,26H,2,4,6,9-12,25H2,1H3,(H,29,31)/t16-,17?,19?/m0/s1. The first kappa shape index (κ1) is 20.8. The van der Waals surface area contributed by atoms with Crippen molar-refractivity contribution in [1.82, 2.24) is 20.6 Å². The molecule has 4 N–H and O–H groups in total. The van der Waals surface area contributed by atoms with Crippen LogP contribution in [-0.2, 0) is 17.6 Å². The summed E-state index contributed by atoms with van der Waals surface area (Å²) in [5.41, 5.74) is 12.1. The van der Waals surface area contributed by atoms with E-state index in [0.29, 0.717) is 33.0 Å². The molecule has 5 heterocycles. The average molecular weight is 465 g/mol. The second-order valence-corrected chi connectivity index (χ2v) is 10.3. The first-order chi connectivity index (χ1) is 16.0. The third-order valence-electron chi connectivity index (χ3n) is 6.98. The van der Waals surface area contributed by atoms with Crippen LogP contribution in [0.2, 0.25) is 0 Å². The number of nitrogens with one attached hydrogen (secondary N) is 2. The summed E-state index contributed by atoms with van der Waals surface area (Å²) in [6.07, 6.45) is 4.38. The van der Waals surface area contributed by atoms with Gasteiger partial charge in [0.25, 0.3) is 5.91 Å². The van der Waals surface area contributed by atoms with Gasteiger partial charge in [0.15, 0.2) is 0 Å². The van der Waals surface area contributed by atoms with Crippen molar-refractivity contribution in [2.45, 2.75) is 44.3 Å². The highest BCUT2D eigenvalue weighted by atomic mass is 32.1. The lowest BCUT2D eigenvalue weighted by atomic mass is 9.87. The van der Waals surface area contributed by atoms with Gasteiger partial charge in [-0.05, 0) is 49.4 Å². The molecule has 2 aromatic heterocycles. The molecule has 7 rings (SSSR count). The van der Waals surface area contributed by atoms with Crippen molar-refractivity contribution in [3.05, 3.63) is 46.1 Å². The maximum absolute atomic E-state index is 13.0. The summed E-state index contributed by atoms with van der Waals surface area (Å²) in [5, 5.41) is 6.77. The van der Waals surface area contributed by atoms with Gasteiger partial charge in [0.05, 0.1) is 30.6 Å². The average Bonchev–Trinajstić information content (AvgIpc) is 2.98. The molecule has 0 radical (unpaired) electrons. The molecular formula is C24H28N6O2S. The molecule has 3 fully saturated rings.